The lowest BCUT2D eigenvalue weighted by molar-refractivity contribution is -0.481. The van der Waals surface area contributed by atoms with Crippen LogP contribution >= 0.6 is 0 Å². The minimum Gasteiger partial charge on any atom is -0.487 e. The van der Waals surface area contributed by atoms with Crippen LogP contribution in [0.4, 0.5) is 8.78 Å². The van der Waals surface area contributed by atoms with Gasteiger partial charge in [0.1, 0.15) is 5.75 Å². The summed E-state index contributed by atoms with van der Waals surface area (Å²) >= 11 is 0. The zero-order chi connectivity index (χ0) is 10.6. The maximum Gasteiger partial charge on any atom is 0.237 e. The molecule has 0 aliphatic heterocycles. The molecule has 1 aromatic carbocycles. The Morgan fingerprint density at radius 3 is 2.64 bits per heavy atom. The molecule has 4 nitrogen and oxygen atoms in total. The number of hydrogen-bond acceptors (Lipinski definition) is 3. The summed E-state index contributed by atoms with van der Waals surface area (Å²) in [4.78, 5) is 9.35. The van der Waals surface area contributed by atoms with E-state index < -0.39 is 16.6 Å². The highest BCUT2D eigenvalue weighted by Crippen LogP contribution is 2.14. The van der Waals surface area contributed by atoms with E-state index in [-0.39, 0.29) is 18.9 Å². The van der Waals surface area contributed by atoms with Gasteiger partial charge in [-0.3, -0.25) is 10.1 Å². The predicted octanol–water partition coefficient (Wildman–Crippen LogP) is 1.62. The van der Waals surface area contributed by atoms with E-state index in [1.165, 1.54) is 6.07 Å². The smallest absolute Gasteiger partial charge is 0.237 e. The van der Waals surface area contributed by atoms with Crippen molar-refractivity contribution in [3.8, 4) is 5.75 Å². The molecule has 6 heteroatoms. The van der Waals surface area contributed by atoms with Gasteiger partial charge in [0.15, 0.2) is 18.2 Å². The average Bonchev–Trinajstić information content (AvgIpc) is 2.10. The third-order valence-corrected chi connectivity index (χ3v) is 1.43. The second-order valence-electron chi connectivity index (χ2n) is 2.48. The van der Waals surface area contributed by atoms with Gasteiger partial charge >= 0.3 is 0 Å². The second kappa shape index (κ2) is 4.50. The Hall–Kier alpha value is -1.72. The first kappa shape index (κ1) is 10.4. The topological polar surface area (TPSA) is 52.4 Å². The van der Waals surface area contributed by atoms with Crippen LogP contribution in [-0.2, 0) is 0 Å². The molecule has 0 heterocycles. The fourth-order valence-corrected chi connectivity index (χ4v) is 0.805. The van der Waals surface area contributed by atoms with Crippen LogP contribution < -0.4 is 4.74 Å². The molecule has 0 N–H and O–H groups in total. The minimum atomic E-state index is -1.04. The van der Waals surface area contributed by atoms with Crippen LogP contribution in [0.2, 0.25) is 0 Å². The van der Waals surface area contributed by atoms with Crippen LogP contribution in [0.25, 0.3) is 0 Å². The Kier molecular flexibility index (Phi) is 3.33. The Morgan fingerprint density at radius 1 is 1.36 bits per heavy atom. The lowest BCUT2D eigenvalue weighted by atomic mass is 10.3. The first-order chi connectivity index (χ1) is 6.59. The number of halogens is 2. The molecule has 0 fully saturated rings. The highest BCUT2D eigenvalue weighted by atomic mass is 19.2. The second-order valence-corrected chi connectivity index (χ2v) is 2.48. The van der Waals surface area contributed by atoms with E-state index in [4.69, 9.17) is 4.74 Å². The van der Waals surface area contributed by atoms with Crippen molar-refractivity contribution >= 4 is 0 Å². The van der Waals surface area contributed by atoms with E-state index in [1.54, 1.807) is 0 Å². The van der Waals surface area contributed by atoms with E-state index >= 15 is 0 Å². The Labute approximate surface area is 78.3 Å². The molecule has 0 saturated carbocycles. The van der Waals surface area contributed by atoms with Gasteiger partial charge in [0.25, 0.3) is 0 Å². The number of nitro groups is 1. The first-order valence-electron chi connectivity index (χ1n) is 3.79. The van der Waals surface area contributed by atoms with Crippen LogP contribution in [0, 0.1) is 21.7 Å². The Balaban J connectivity index is 2.51. The minimum absolute atomic E-state index is 0.0748. The fraction of sp³-hybridized carbons (Fsp3) is 0.250. The molecular formula is C8H7F2NO3. The number of ether oxygens (including phenoxy) is 1. The quantitative estimate of drug-likeness (QED) is 0.551. The van der Waals surface area contributed by atoms with Gasteiger partial charge in [-0.1, -0.05) is 0 Å². The van der Waals surface area contributed by atoms with E-state index in [1.807, 2.05) is 0 Å². The molecule has 0 unspecified atom stereocenters. The highest BCUT2D eigenvalue weighted by Gasteiger charge is 2.04. The summed E-state index contributed by atoms with van der Waals surface area (Å²) in [6, 6.07) is 2.95. The highest BCUT2D eigenvalue weighted by molar-refractivity contribution is 5.23. The summed E-state index contributed by atoms with van der Waals surface area (Å²) in [7, 11) is 0. The standard InChI is InChI=1S/C8H7F2NO3/c9-7-2-1-6(5-8(7)10)14-4-3-11(12)13/h1-2,5H,3-4H2. The summed E-state index contributed by atoms with van der Waals surface area (Å²) in [5, 5.41) is 9.90. The number of hydrogen-bond donors (Lipinski definition) is 0. The van der Waals surface area contributed by atoms with E-state index in [0.29, 0.717) is 0 Å². The molecule has 14 heavy (non-hydrogen) atoms. The molecule has 0 radical (unpaired) electrons. The van der Waals surface area contributed by atoms with Crippen molar-refractivity contribution < 1.29 is 18.4 Å². The average molecular weight is 203 g/mol. The van der Waals surface area contributed by atoms with E-state index in [9.17, 15) is 18.9 Å². The van der Waals surface area contributed by atoms with E-state index in [2.05, 4.69) is 0 Å². The zero-order valence-electron chi connectivity index (χ0n) is 7.07. The molecule has 0 spiro atoms. The lowest BCUT2D eigenvalue weighted by Gasteiger charge is -2.02. The normalized spacial score (nSPS) is 9.86. The van der Waals surface area contributed by atoms with Crippen LogP contribution in [0.15, 0.2) is 18.2 Å². The lowest BCUT2D eigenvalue weighted by Crippen LogP contribution is -2.11. The molecule has 1 aromatic rings. The van der Waals surface area contributed by atoms with Crippen LogP contribution in [0.1, 0.15) is 0 Å². The number of benzene rings is 1. The summed E-state index contributed by atoms with van der Waals surface area (Å²) in [6.45, 7) is -0.545. The Morgan fingerprint density at radius 2 is 2.07 bits per heavy atom. The van der Waals surface area contributed by atoms with Gasteiger partial charge in [-0.05, 0) is 12.1 Å². The monoisotopic (exact) mass is 203 g/mol. The molecule has 76 valence electrons. The van der Waals surface area contributed by atoms with Gasteiger partial charge < -0.3 is 4.74 Å². The zero-order valence-corrected chi connectivity index (χ0v) is 7.07. The number of rotatable bonds is 4. The maximum absolute atomic E-state index is 12.6. The van der Waals surface area contributed by atoms with E-state index in [0.717, 1.165) is 12.1 Å². The Bertz CT molecular complexity index is 343. The van der Waals surface area contributed by atoms with Crippen LogP contribution in [0.3, 0.4) is 0 Å². The molecule has 0 aliphatic rings. The molecule has 0 bridgehead atoms. The molecule has 0 atom stereocenters. The third-order valence-electron chi connectivity index (χ3n) is 1.43. The summed E-state index contributed by atoms with van der Waals surface area (Å²) in [6.07, 6.45) is 0. The van der Waals surface area contributed by atoms with Gasteiger partial charge in [-0.25, -0.2) is 8.78 Å². The first-order valence-corrected chi connectivity index (χ1v) is 3.79. The maximum atomic E-state index is 12.6. The fourth-order valence-electron chi connectivity index (χ4n) is 0.805. The molecule has 0 saturated heterocycles. The van der Waals surface area contributed by atoms with Crippen LogP contribution in [0.5, 0.6) is 5.75 Å². The third kappa shape index (κ3) is 2.96. The molecule has 0 aromatic heterocycles. The molecule has 1 rings (SSSR count). The number of nitrogens with zero attached hydrogens (tertiary/aromatic N) is 1. The van der Waals surface area contributed by atoms with Gasteiger partial charge in [0.05, 0.1) is 0 Å². The van der Waals surface area contributed by atoms with Gasteiger partial charge in [-0.15, -0.1) is 0 Å². The summed E-state index contributed by atoms with van der Waals surface area (Å²) in [5.41, 5.74) is 0. The summed E-state index contributed by atoms with van der Waals surface area (Å²) in [5.74, 6) is -1.94. The van der Waals surface area contributed by atoms with Crippen molar-refractivity contribution in [3.05, 3.63) is 39.9 Å². The summed E-state index contributed by atoms with van der Waals surface area (Å²) < 4.78 is 29.8. The van der Waals surface area contributed by atoms with Gasteiger partial charge in [-0.2, -0.15) is 0 Å². The van der Waals surface area contributed by atoms with Gasteiger partial charge in [0, 0.05) is 11.0 Å². The van der Waals surface area contributed by atoms with Gasteiger partial charge in [0.2, 0.25) is 6.54 Å². The van der Waals surface area contributed by atoms with Crippen LogP contribution in [-0.4, -0.2) is 18.1 Å². The largest absolute Gasteiger partial charge is 0.487 e. The predicted molar refractivity (Wildman–Crippen MR) is 43.7 cm³/mol. The van der Waals surface area contributed by atoms with Crippen molar-refractivity contribution in [1.82, 2.24) is 0 Å². The van der Waals surface area contributed by atoms with Crippen molar-refractivity contribution in [2.75, 3.05) is 13.2 Å². The molecular weight excluding hydrogens is 196 g/mol. The van der Waals surface area contributed by atoms with Crippen molar-refractivity contribution in [1.29, 1.82) is 0 Å². The molecule has 0 aliphatic carbocycles. The van der Waals surface area contributed by atoms with Crippen molar-refractivity contribution in [2.45, 2.75) is 0 Å². The SMILES string of the molecule is O=[N+]([O-])CCOc1ccc(F)c(F)c1. The van der Waals surface area contributed by atoms with Crippen molar-refractivity contribution in [2.24, 2.45) is 0 Å². The molecule has 0 amide bonds. The van der Waals surface area contributed by atoms with Crippen molar-refractivity contribution in [3.63, 3.8) is 0 Å².